The molecule has 3 saturated heterocycles. The Hall–Kier alpha value is -3.27. The van der Waals surface area contributed by atoms with Gasteiger partial charge in [-0.05, 0) is 84.1 Å². The smallest absolute Gasteiger partial charge is 0.408 e. The van der Waals surface area contributed by atoms with Crippen molar-refractivity contribution in [3.8, 4) is 0 Å². The largest absolute Gasteiger partial charge is 0.458 e. The number of carbonyl (C=O) groups is 4. The van der Waals surface area contributed by atoms with E-state index in [0.717, 1.165) is 15.8 Å². The van der Waals surface area contributed by atoms with E-state index in [1.54, 1.807) is 59.1 Å². The number of amides is 1. The Balaban J connectivity index is 1.56. The highest BCUT2D eigenvalue weighted by molar-refractivity contribution is 7.17. The van der Waals surface area contributed by atoms with E-state index in [0.29, 0.717) is 6.42 Å². The zero-order valence-corrected chi connectivity index (χ0v) is 33.9. The van der Waals surface area contributed by atoms with Gasteiger partial charge in [-0.3, -0.25) is 19.4 Å². The summed E-state index contributed by atoms with van der Waals surface area (Å²) >= 11 is 1.60. The van der Waals surface area contributed by atoms with Crippen LogP contribution in [0.3, 0.4) is 0 Å². The number of nitrogens with zero attached hydrogens (tertiary/aromatic N) is 2. The van der Waals surface area contributed by atoms with E-state index in [1.165, 1.54) is 6.92 Å². The Bertz CT molecular complexity index is 1720. The van der Waals surface area contributed by atoms with Gasteiger partial charge in [0.15, 0.2) is 17.7 Å². The van der Waals surface area contributed by atoms with E-state index in [1.807, 2.05) is 55.6 Å². The molecule has 298 valence electrons. The van der Waals surface area contributed by atoms with Crippen LogP contribution in [0, 0.1) is 23.7 Å². The van der Waals surface area contributed by atoms with Gasteiger partial charge in [0.25, 0.3) is 0 Å². The predicted octanol–water partition coefficient (Wildman–Crippen LogP) is 5.17. The van der Waals surface area contributed by atoms with Gasteiger partial charge in [-0.25, -0.2) is 4.79 Å². The van der Waals surface area contributed by atoms with Crippen LogP contribution in [-0.2, 0) is 38.1 Å². The molecule has 2 N–H and O–H groups in total. The number of hydrogen-bond acceptors (Lipinski definition) is 13. The standard InChI is InChI=1S/C40H57N3O10S/c1-11-30-40(8)34(42-38(48)53-40)23(4)31(44)21(2)19-39(7,49-15-12-13-26-18-29-27(41-20-26)14-16-54-29)35(24(5)32(45)25(6)36(47)51-30)52-37-33(46)28(43(9)10)17-22(3)50-37/h12-14,16,18,20-25,28,30,33-35,37,46H,11,15,17,19H2,1-10H3,(H,42,48)/b13-12+/t21-,22-,23+,24+,25-,28+,30?,33-,34-,35-,37+,39-,40-/m1/s1. The van der Waals surface area contributed by atoms with Crippen LogP contribution in [0.25, 0.3) is 16.3 Å². The van der Waals surface area contributed by atoms with Crippen LogP contribution in [0.1, 0.15) is 80.2 Å². The van der Waals surface area contributed by atoms with E-state index in [-0.39, 0.29) is 37.4 Å². The molecule has 14 heteroatoms. The summed E-state index contributed by atoms with van der Waals surface area (Å²) in [6.45, 7) is 13.9. The lowest BCUT2D eigenvalue weighted by Gasteiger charge is -2.47. The Kier molecular flexibility index (Phi) is 13.1. The summed E-state index contributed by atoms with van der Waals surface area (Å²) in [5.74, 6) is -5.09. The van der Waals surface area contributed by atoms with Crippen LogP contribution in [0.5, 0.6) is 0 Å². The van der Waals surface area contributed by atoms with Gasteiger partial charge in [0, 0.05) is 30.0 Å². The molecule has 0 saturated carbocycles. The summed E-state index contributed by atoms with van der Waals surface area (Å²) in [7, 11) is 3.74. The number of ketones is 2. The van der Waals surface area contributed by atoms with Gasteiger partial charge in [-0.1, -0.05) is 39.8 Å². The van der Waals surface area contributed by atoms with E-state index in [2.05, 4.69) is 10.3 Å². The Morgan fingerprint density at radius 3 is 2.50 bits per heavy atom. The first-order valence-corrected chi connectivity index (χ1v) is 19.8. The summed E-state index contributed by atoms with van der Waals surface area (Å²) in [5.41, 5.74) is -0.930. The minimum Gasteiger partial charge on any atom is -0.458 e. The molecule has 0 aromatic carbocycles. The molecule has 1 unspecified atom stereocenters. The van der Waals surface area contributed by atoms with Crippen molar-refractivity contribution in [2.24, 2.45) is 23.7 Å². The fraction of sp³-hybridized carbons (Fsp3) is 0.675. The van der Waals surface area contributed by atoms with E-state index in [4.69, 9.17) is 23.7 Å². The third kappa shape index (κ3) is 8.58. The molecule has 0 aliphatic carbocycles. The topological polar surface area (TPSA) is 163 Å². The number of alkyl carbamates (subject to hydrolysis) is 1. The normalized spacial score (nSPS) is 38.6. The third-order valence-electron chi connectivity index (χ3n) is 11.6. The number of Topliss-reactive ketones (excluding diaryl/α,β-unsaturated/α-hetero) is 2. The van der Waals surface area contributed by atoms with Crippen LogP contribution in [0.2, 0.25) is 0 Å². The van der Waals surface area contributed by atoms with Crippen LogP contribution >= 0.6 is 11.3 Å². The van der Waals surface area contributed by atoms with Gasteiger partial charge in [-0.15, -0.1) is 11.3 Å². The lowest BCUT2D eigenvalue weighted by atomic mass is 9.73. The highest BCUT2D eigenvalue weighted by Gasteiger charge is 2.57. The zero-order valence-electron chi connectivity index (χ0n) is 33.1. The van der Waals surface area contributed by atoms with Crippen molar-refractivity contribution in [1.82, 2.24) is 15.2 Å². The molecule has 0 spiro atoms. The number of carbonyl (C=O) groups excluding carboxylic acids is 4. The number of hydrogen-bond donors (Lipinski definition) is 2. The molecule has 2 aromatic rings. The fourth-order valence-corrected chi connectivity index (χ4v) is 9.29. The molecular weight excluding hydrogens is 715 g/mol. The lowest BCUT2D eigenvalue weighted by molar-refractivity contribution is -0.296. The highest BCUT2D eigenvalue weighted by Crippen LogP contribution is 2.40. The number of aliphatic hydroxyl groups excluding tert-OH is 1. The molecule has 0 bridgehead atoms. The maximum absolute atomic E-state index is 14.4. The maximum Gasteiger partial charge on any atom is 0.408 e. The van der Waals surface area contributed by atoms with Crippen molar-refractivity contribution in [3.63, 3.8) is 0 Å². The first-order valence-electron chi connectivity index (χ1n) is 19.0. The number of pyridine rings is 1. The molecule has 5 heterocycles. The van der Waals surface area contributed by atoms with E-state index < -0.39 is 83.4 Å². The molecule has 5 rings (SSSR count). The van der Waals surface area contributed by atoms with Gasteiger partial charge in [0.2, 0.25) is 0 Å². The van der Waals surface area contributed by atoms with Crippen molar-refractivity contribution >= 4 is 51.3 Å². The van der Waals surface area contributed by atoms with Gasteiger partial charge in [0.05, 0.1) is 40.7 Å². The van der Waals surface area contributed by atoms with Crippen molar-refractivity contribution in [3.05, 3.63) is 35.3 Å². The number of fused-ring (bicyclic) bond motifs is 2. The van der Waals surface area contributed by atoms with Crippen LogP contribution in [0.15, 0.2) is 29.8 Å². The van der Waals surface area contributed by atoms with Gasteiger partial charge in [-0.2, -0.15) is 0 Å². The molecule has 54 heavy (non-hydrogen) atoms. The molecule has 3 fully saturated rings. The van der Waals surface area contributed by atoms with Crippen molar-refractivity contribution < 1.29 is 48.0 Å². The number of rotatable bonds is 8. The van der Waals surface area contributed by atoms with E-state index >= 15 is 0 Å². The van der Waals surface area contributed by atoms with Crippen LogP contribution in [0.4, 0.5) is 4.79 Å². The fourth-order valence-electron chi connectivity index (χ4n) is 8.50. The Morgan fingerprint density at radius 1 is 1.09 bits per heavy atom. The minimum atomic E-state index is -1.37. The number of thiophene rings is 1. The summed E-state index contributed by atoms with van der Waals surface area (Å²) < 4.78 is 32.4. The number of aromatic nitrogens is 1. The summed E-state index contributed by atoms with van der Waals surface area (Å²) in [6.07, 6.45) is 1.17. The quantitative estimate of drug-likeness (QED) is 0.268. The second-order valence-corrected chi connectivity index (χ2v) is 16.9. The lowest BCUT2D eigenvalue weighted by Crippen LogP contribution is -2.60. The molecule has 1 amide bonds. The van der Waals surface area contributed by atoms with Crippen LogP contribution in [-0.4, -0.2) is 113 Å². The SMILES string of the molecule is CCC1OC(=O)[C@H](C)C(=O)[C@H](C)[C@@H](O[C@@H]2O[C@H](C)C[C@H](N(C)C)[C@H]2O)[C@](C)(OC/C=C/c2cnc3ccsc3c2)C[C@@H](C)C(=O)[C@H](C)[C@H]2NC(=O)O[C@]12C. The molecule has 13 atom stereocenters. The number of esters is 1. The second-order valence-electron chi connectivity index (χ2n) is 16.0. The Labute approximate surface area is 322 Å². The van der Waals surface area contributed by atoms with Crippen molar-refractivity contribution in [2.75, 3.05) is 20.7 Å². The predicted molar refractivity (Wildman–Crippen MR) is 204 cm³/mol. The Morgan fingerprint density at radius 2 is 1.81 bits per heavy atom. The number of nitrogens with one attached hydrogen (secondary N) is 1. The number of ether oxygens (including phenoxy) is 5. The molecular formula is C40H57N3O10S. The third-order valence-corrected chi connectivity index (χ3v) is 12.5. The molecule has 13 nitrogen and oxygen atoms in total. The monoisotopic (exact) mass is 771 g/mol. The van der Waals surface area contributed by atoms with Crippen molar-refractivity contribution in [2.45, 2.75) is 129 Å². The minimum absolute atomic E-state index is 0.0708. The number of likely N-dealkylation sites (N-methyl/N-ethyl adjacent to an activating group) is 1. The zero-order chi connectivity index (χ0) is 39.7. The van der Waals surface area contributed by atoms with E-state index in [9.17, 15) is 24.3 Å². The number of aliphatic hydroxyl groups is 1. The first kappa shape index (κ1) is 41.9. The first-order chi connectivity index (χ1) is 25.4. The average molecular weight is 772 g/mol. The van der Waals surface area contributed by atoms with Crippen LogP contribution < -0.4 is 5.32 Å². The summed E-state index contributed by atoms with van der Waals surface area (Å²) in [4.78, 5) is 61.7. The highest BCUT2D eigenvalue weighted by atomic mass is 32.1. The maximum atomic E-state index is 14.4. The summed E-state index contributed by atoms with van der Waals surface area (Å²) in [6, 6.07) is 2.88. The van der Waals surface area contributed by atoms with Gasteiger partial charge < -0.3 is 39.0 Å². The molecule has 3 aliphatic rings. The molecule has 2 aromatic heterocycles. The second kappa shape index (κ2) is 16.8. The summed E-state index contributed by atoms with van der Waals surface area (Å²) in [5, 5.41) is 16.3. The average Bonchev–Trinajstić information content (AvgIpc) is 3.73. The molecule has 0 radical (unpaired) electrons. The van der Waals surface area contributed by atoms with Gasteiger partial charge in [0.1, 0.15) is 23.9 Å². The number of cyclic esters (lactones) is 1. The van der Waals surface area contributed by atoms with Gasteiger partial charge >= 0.3 is 12.1 Å². The molecule has 3 aliphatic heterocycles. The van der Waals surface area contributed by atoms with Crippen molar-refractivity contribution in [1.29, 1.82) is 0 Å².